The summed E-state index contributed by atoms with van der Waals surface area (Å²) in [4.78, 5) is 0. The van der Waals surface area contributed by atoms with Crippen LogP contribution in [0.2, 0.25) is 5.02 Å². The molecule has 0 saturated heterocycles. The van der Waals surface area contributed by atoms with E-state index in [9.17, 15) is 4.39 Å². The van der Waals surface area contributed by atoms with Crippen LogP contribution in [0, 0.1) is 5.82 Å². The molecule has 76 valence electrons. The topological polar surface area (TPSA) is 26.0 Å². The summed E-state index contributed by atoms with van der Waals surface area (Å²) in [6.07, 6.45) is 3.26. The molecule has 0 heterocycles. The Labute approximate surface area is 88.1 Å². The van der Waals surface area contributed by atoms with Crippen LogP contribution in [0.25, 0.3) is 0 Å². The second kappa shape index (κ2) is 3.52. The molecule has 2 rings (SSSR count). The lowest BCUT2D eigenvalue weighted by Crippen LogP contribution is -2.41. The van der Waals surface area contributed by atoms with Crippen molar-refractivity contribution < 1.29 is 4.39 Å². The Morgan fingerprint density at radius 1 is 1.36 bits per heavy atom. The van der Waals surface area contributed by atoms with Gasteiger partial charge in [-0.05, 0) is 36.6 Å². The van der Waals surface area contributed by atoms with E-state index < -0.39 is 0 Å². The molecule has 0 atom stereocenters. The Bertz CT molecular complexity index is 321. The van der Waals surface area contributed by atoms with E-state index in [1.807, 2.05) is 6.07 Å². The molecule has 0 aliphatic heterocycles. The predicted octanol–water partition coefficient (Wildman–Crippen LogP) is 2.86. The van der Waals surface area contributed by atoms with Crippen LogP contribution in [0.4, 0.5) is 4.39 Å². The van der Waals surface area contributed by atoms with Gasteiger partial charge in [-0.1, -0.05) is 18.0 Å². The van der Waals surface area contributed by atoms with Crippen LogP contribution in [0.1, 0.15) is 24.8 Å². The third-order valence-electron chi connectivity index (χ3n) is 3.18. The molecule has 1 aromatic carbocycles. The smallest absolute Gasteiger partial charge is 0.124 e. The van der Waals surface area contributed by atoms with Crippen LogP contribution in [0.3, 0.4) is 0 Å². The van der Waals surface area contributed by atoms with Crippen LogP contribution in [0.5, 0.6) is 0 Å². The quantitative estimate of drug-likeness (QED) is 0.803. The number of hydrogen-bond donors (Lipinski definition) is 1. The molecular weight excluding hydrogens is 201 g/mol. The van der Waals surface area contributed by atoms with E-state index in [0.717, 1.165) is 18.4 Å². The SMILES string of the molecule is NCC1(c2cc(F)cc(Cl)c2)CCC1. The summed E-state index contributed by atoms with van der Waals surface area (Å²) in [5, 5.41) is 0.458. The highest BCUT2D eigenvalue weighted by Gasteiger charge is 2.37. The maximum atomic E-state index is 13.1. The summed E-state index contributed by atoms with van der Waals surface area (Å²) in [6.45, 7) is 0.576. The van der Waals surface area contributed by atoms with Crippen molar-refractivity contribution in [1.29, 1.82) is 0 Å². The standard InChI is InChI=1S/C11H13ClFN/c12-9-4-8(5-10(13)6-9)11(7-14)2-1-3-11/h4-6H,1-3,7,14H2. The maximum Gasteiger partial charge on any atom is 0.124 e. The number of benzene rings is 1. The number of hydrogen-bond acceptors (Lipinski definition) is 1. The fraction of sp³-hybridized carbons (Fsp3) is 0.455. The van der Waals surface area contributed by atoms with Crippen molar-refractivity contribution in [1.82, 2.24) is 0 Å². The fourth-order valence-electron chi connectivity index (χ4n) is 2.07. The van der Waals surface area contributed by atoms with E-state index in [4.69, 9.17) is 17.3 Å². The summed E-state index contributed by atoms with van der Waals surface area (Å²) in [5.74, 6) is -0.271. The van der Waals surface area contributed by atoms with Crippen LogP contribution in [0.15, 0.2) is 18.2 Å². The fourth-order valence-corrected chi connectivity index (χ4v) is 2.30. The zero-order valence-corrected chi connectivity index (χ0v) is 8.65. The van der Waals surface area contributed by atoms with Gasteiger partial charge in [0.05, 0.1) is 0 Å². The number of halogens is 2. The Morgan fingerprint density at radius 2 is 2.07 bits per heavy atom. The predicted molar refractivity (Wildman–Crippen MR) is 56.0 cm³/mol. The van der Waals surface area contributed by atoms with Gasteiger partial charge in [0, 0.05) is 17.0 Å². The molecule has 0 unspecified atom stereocenters. The average Bonchev–Trinajstić information content (AvgIpc) is 2.01. The van der Waals surface area contributed by atoms with Crippen molar-refractivity contribution >= 4 is 11.6 Å². The van der Waals surface area contributed by atoms with Gasteiger partial charge in [0.2, 0.25) is 0 Å². The van der Waals surface area contributed by atoms with E-state index in [-0.39, 0.29) is 11.2 Å². The van der Waals surface area contributed by atoms with Crippen molar-refractivity contribution in [3.05, 3.63) is 34.6 Å². The molecule has 1 nitrogen and oxygen atoms in total. The lowest BCUT2D eigenvalue weighted by atomic mass is 9.64. The Balaban J connectivity index is 2.39. The van der Waals surface area contributed by atoms with Crippen molar-refractivity contribution in [3.63, 3.8) is 0 Å². The molecular formula is C11H13ClFN. The third kappa shape index (κ3) is 1.53. The van der Waals surface area contributed by atoms with Gasteiger partial charge in [-0.25, -0.2) is 4.39 Å². The van der Waals surface area contributed by atoms with Gasteiger partial charge in [0.25, 0.3) is 0 Å². The van der Waals surface area contributed by atoms with Crippen LogP contribution in [-0.4, -0.2) is 6.54 Å². The van der Waals surface area contributed by atoms with E-state index in [0.29, 0.717) is 11.6 Å². The monoisotopic (exact) mass is 213 g/mol. The van der Waals surface area contributed by atoms with Crippen molar-refractivity contribution in [2.45, 2.75) is 24.7 Å². The van der Waals surface area contributed by atoms with Crippen LogP contribution in [-0.2, 0) is 5.41 Å². The molecule has 14 heavy (non-hydrogen) atoms. The van der Waals surface area contributed by atoms with E-state index in [1.165, 1.54) is 12.5 Å². The highest BCUT2D eigenvalue weighted by molar-refractivity contribution is 6.30. The molecule has 1 saturated carbocycles. The normalized spacial score (nSPS) is 19.1. The summed E-state index contributed by atoms with van der Waals surface area (Å²) < 4.78 is 13.1. The largest absolute Gasteiger partial charge is 0.330 e. The summed E-state index contributed by atoms with van der Waals surface area (Å²) >= 11 is 5.81. The molecule has 3 heteroatoms. The van der Waals surface area contributed by atoms with E-state index in [2.05, 4.69) is 0 Å². The highest BCUT2D eigenvalue weighted by atomic mass is 35.5. The summed E-state index contributed by atoms with van der Waals surface area (Å²) in [6, 6.07) is 4.71. The Kier molecular flexibility index (Phi) is 2.50. The lowest BCUT2D eigenvalue weighted by Gasteiger charge is -2.41. The third-order valence-corrected chi connectivity index (χ3v) is 3.39. The van der Waals surface area contributed by atoms with E-state index >= 15 is 0 Å². The van der Waals surface area contributed by atoms with Gasteiger partial charge < -0.3 is 5.73 Å². The first-order valence-corrected chi connectivity index (χ1v) is 5.21. The van der Waals surface area contributed by atoms with Crippen molar-refractivity contribution in [2.75, 3.05) is 6.54 Å². The zero-order chi connectivity index (χ0) is 10.2. The Morgan fingerprint density at radius 3 is 2.50 bits per heavy atom. The highest BCUT2D eigenvalue weighted by Crippen LogP contribution is 2.43. The second-order valence-electron chi connectivity index (χ2n) is 4.00. The van der Waals surface area contributed by atoms with Gasteiger partial charge in [-0.15, -0.1) is 0 Å². The Hall–Kier alpha value is -0.600. The van der Waals surface area contributed by atoms with Gasteiger partial charge >= 0.3 is 0 Å². The number of rotatable bonds is 2. The van der Waals surface area contributed by atoms with Crippen LogP contribution >= 0.6 is 11.6 Å². The minimum Gasteiger partial charge on any atom is -0.330 e. The van der Waals surface area contributed by atoms with Crippen molar-refractivity contribution in [3.8, 4) is 0 Å². The molecule has 1 aliphatic rings. The summed E-state index contributed by atoms with van der Waals surface area (Å²) in [5.41, 5.74) is 6.68. The molecule has 1 fully saturated rings. The molecule has 0 bridgehead atoms. The van der Waals surface area contributed by atoms with Gasteiger partial charge in [-0.3, -0.25) is 0 Å². The molecule has 0 aromatic heterocycles. The first-order chi connectivity index (χ1) is 6.66. The minimum atomic E-state index is -0.271. The number of nitrogens with two attached hydrogens (primary N) is 1. The van der Waals surface area contributed by atoms with E-state index in [1.54, 1.807) is 6.07 Å². The lowest BCUT2D eigenvalue weighted by molar-refractivity contribution is 0.252. The second-order valence-corrected chi connectivity index (χ2v) is 4.43. The van der Waals surface area contributed by atoms with Gasteiger partial charge in [0.1, 0.15) is 5.82 Å². The molecule has 2 N–H and O–H groups in total. The zero-order valence-electron chi connectivity index (χ0n) is 7.89. The maximum absolute atomic E-state index is 13.1. The first-order valence-electron chi connectivity index (χ1n) is 4.83. The summed E-state index contributed by atoms with van der Waals surface area (Å²) in [7, 11) is 0. The molecule has 1 aliphatic carbocycles. The van der Waals surface area contributed by atoms with Gasteiger partial charge in [0.15, 0.2) is 0 Å². The molecule has 1 aromatic rings. The first kappa shape index (κ1) is 9.94. The minimum absolute atomic E-state index is 0.00819. The molecule has 0 spiro atoms. The van der Waals surface area contributed by atoms with Crippen molar-refractivity contribution in [2.24, 2.45) is 5.73 Å². The average molecular weight is 214 g/mol. The van der Waals surface area contributed by atoms with Crippen LogP contribution < -0.4 is 5.73 Å². The molecule has 0 amide bonds. The molecule has 0 radical (unpaired) electrons. The van der Waals surface area contributed by atoms with Gasteiger partial charge in [-0.2, -0.15) is 0 Å².